The maximum atomic E-state index is 10.9. The van der Waals surface area contributed by atoms with E-state index in [1.54, 1.807) is 6.08 Å². The zero-order valence-corrected chi connectivity index (χ0v) is 7.70. The number of carbonyl (C=O) groups excluding carboxylic acids is 2. The fourth-order valence-electron chi connectivity index (χ4n) is 1.24. The molecule has 1 fully saturated rings. The lowest BCUT2D eigenvalue weighted by molar-refractivity contribution is -0.134. The minimum Gasteiger partial charge on any atom is -0.288 e. The molecule has 3 nitrogen and oxygen atoms in total. The Labute approximate surface area is 81.4 Å². The number of hydrogen-bond donors (Lipinski definition) is 1. The molecule has 1 aliphatic rings. The van der Waals surface area contributed by atoms with Gasteiger partial charge >= 0.3 is 0 Å². The highest BCUT2D eigenvalue weighted by Gasteiger charge is 2.29. The summed E-state index contributed by atoms with van der Waals surface area (Å²) in [5.41, 5.74) is 2.25. The molecule has 70 valence electrons. The van der Waals surface area contributed by atoms with E-state index in [4.69, 9.17) is 0 Å². The second-order valence-electron chi connectivity index (χ2n) is 3.25. The van der Waals surface area contributed by atoms with Crippen LogP contribution in [0, 0.1) is 6.92 Å². The van der Waals surface area contributed by atoms with Gasteiger partial charge in [0.2, 0.25) is 0 Å². The van der Waals surface area contributed by atoms with Gasteiger partial charge in [0, 0.05) is 0 Å². The monoisotopic (exact) mass is 187 g/mol. The lowest BCUT2D eigenvalue weighted by atomic mass is 10.0. The van der Waals surface area contributed by atoms with Crippen LogP contribution < -0.4 is 5.32 Å². The Hall–Kier alpha value is -1.90. The summed E-state index contributed by atoms with van der Waals surface area (Å²) >= 11 is 0. The number of amides is 2. The van der Waals surface area contributed by atoms with Crippen LogP contribution in [0.15, 0.2) is 29.8 Å². The fraction of sp³-hybridized carbons (Fsp3) is 0.0909. The van der Waals surface area contributed by atoms with E-state index in [2.05, 4.69) is 5.32 Å². The van der Waals surface area contributed by atoms with Crippen molar-refractivity contribution >= 4 is 17.9 Å². The van der Waals surface area contributed by atoms with Crippen molar-refractivity contribution in [2.24, 2.45) is 0 Å². The lowest BCUT2D eigenvalue weighted by Crippen LogP contribution is -2.47. The number of benzene rings is 1. The molecule has 0 bridgehead atoms. The van der Waals surface area contributed by atoms with Gasteiger partial charge in [-0.05, 0) is 18.6 Å². The molecule has 2 amide bonds. The third-order valence-electron chi connectivity index (χ3n) is 2.10. The van der Waals surface area contributed by atoms with Crippen molar-refractivity contribution in [3.63, 3.8) is 0 Å². The van der Waals surface area contributed by atoms with E-state index in [0.29, 0.717) is 0 Å². The van der Waals surface area contributed by atoms with Gasteiger partial charge in [-0.15, -0.1) is 0 Å². The van der Waals surface area contributed by atoms with Gasteiger partial charge in [-0.25, -0.2) is 0 Å². The van der Waals surface area contributed by atoms with Gasteiger partial charge in [-0.2, -0.15) is 0 Å². The SMILES string of the molecule is Cc1ccc(C=C2C(=O)NC2=O)cc1. The lowest BCUT2D eigenvalue weighted by Gasteiger charge is -2.15. The van der Waals surface area contributed by atoms with Crippen molar-refractivity contribution in [2.75, 3.05) is 0 Å². The molecule has 0 spiro atoms. The highest BCUT2D eigenvalue weighted by atomic mass is 16.2. The summed E-state index contributed by atoms with van der Waals surface area (Å²) < 4.78 is 0. The molecule has 0 saturated carbocycles. The summed E-state index contributed by atoms with van der Waals surface area (Å²) in [5.74, 6) is -0.592. The molecule has 0 aliphatic carbocycles. The third kappa shape index (κ3) is 1.44. The van der Waals surface area contributed by atoms with Crippen LogP contribution in [0.5, 0.6) is 0 Å². The molecule has 3 heteroatoms. The summed E-state index contributed by atoms with van der Waals surface area (Å²) in [4.78, 5) is 21.8. The van der Waals surface area contributed by atoms with Gasteiger partial charge in [0.05, 0.1) is 0 Å². The number of β-lactam (4-membered cyclic amide) rings is 2. The Bertz CT molecular complexity index is 413. The second-order valence-corrected chi connectivity index (χ2v) is 3.25. The predicted octanol–water partition coefficient (Wildman–Crippen LogP) is 1.03. The summed E-state index contributed by atoms with van der Waals surface area (Å²) in [6.07, 6.45) is 1.60. The van der Waals surface area contributed by atoms with Crippen LogP contribution in [0.2, 0.25) is 0 Å². The van der Waals surface area contributed by atoms with Crippen molar-refractivity contribution in [3.8, 4) is 0 Å². The van der Waals surface area contributed by atoms with Crippen LogP contribution in [0.1, 0.15) is 11.1 Å². The Morgan fingerprint density at radius 2 is 1.64 bits per heavy atom. The minimum absolute atomic E-state index is 0.230. The van der Waals surface area contributed by atoms with Crippen molar-refractivity contribution < 1.29 is 9.59 Å². The normalized spacial score (nSPS) is 14.8. The molecule has 1 aromatic carbocycles. The first-order chi connectivity index (χ1) is 6.66. The quantitative estimate of drug-likeness (QED) is 0.405. The molecule has 1 aliphatic heterocycles. The minimum atomic E-state index is -0.296. The molecule has 1 aromatic rings. The molecule has 1 saturated heterocycles. The van der Waals surface area contributed by atoms with Crippen molar-refractivity contribution in [1.29, 1.82) is 0 Å². The van der Waals surface area contributed by atoms with E-state index in [-0.39, 0.29) is 17.4 Å². The number of aryl methyl sites for hydroxylation is 1. The van der Waals surface area contributed by atoms with E-state index in [1.165, 1.54) is 0 Å². The third-order valence-corrected chi connectivity index (χ3v) is 2.10. The number of nitrogens with one attached hydrogen (secondary N) is 1. The molecular formula is C11H9NO2. The second kappa shape index (κ2) is 3.10. The summed E-state index contributed by atoms with van der Waals surface area (Å²) in [7, 11) is 0. The Balaban J connectivity index is 2.29. The van der Waals surface area contributed by atoms with Crippen LogP contribution in [0.3, 0.4) is 0 Å². The van der Waals surface area contributed by atoms with Crippen LogP contribution >= 0.6 is 0 Å². The van der Waals surface area contributed by atoms with Gasteiger partial charge in [0.25, 0.3) is 11.8 Å². The molecule has 14 heavy (non-hydrogen) atoms. The largest absolute Gasteiger partial charge is 0.288 e. The molecule has 0 atom stereocenters. The summed E-state index contributed by atoms with van der Waals surface area (Å²) in [6, 6.07) is 7.63. The zero-order valence-electron chi connectivity index (χ0n) is 7.70. The first-order valence-electron chi connectivity index (χ1n) is 4.31. The van der Waals surface area contributed by atoms with Gasteiger partial charge < -0.3 is 0 Å². The molecule has 1 N–H and O–H groups in total. The van der Waals surface area contributed by atoms with Crippen molar-refractivity contribution in [3.05, 3.63) is 41.0 Å². The number of imide groups is 1. The summed E-state index contributed by atoms with van der Waals surface area (Å²) in [5, 5.41) is 2.14. The van der Waals surface area contributed by atoms with Gasteiger partial charge in [0.1, 0.15) is 5.57 Å². The standard InChI is InChI=1S/C11H9NO2/c1-7-2-4-8(5-3-7)6-9-10(13)12-11(9)14/h2-6H,1H3,(H,12,13,14). The van der Waals surface area contributed by atoms with Crippen molar-refractivity contribution in [2.45, 2.75) is 6.92 Å². The van der Waals surface area contributed by atoms with Crippen LogP contribution in [-0.2, 0) is 9.59 Å². The maximum Gasteiger partial charge on any atom is 0.263 e. The fourth-order valence-corrected chi connectivity index (χ4v) is 1.24. The first kappa shape index (κ1) is 8.69. The maximum absolute atomic E-state index is 10.9. The smallest absolute Gasteiger partial charge is 0.263 e. The molecule has 0 radical (unpaired) electrons. The first-order valence-corrected chi connectivity index (χ1v) is 4.31. The van der Waals surface area contributed by atoms with Crippen LogP contribution in [-0.4, -0.2) is 11.8 Å². The van der Waals surface area contributed by atoms with E-state index < -0.39 is 0 Å². The predicted molar refractivity (Wildman–Crippen MR) is 52.3 cm³/mol. The van der Waals surface area contributed by atoms with Crippen LogP contribution in [0.4, 0.5) is 0 Å². The Kier molecular flexibility index (Phi) is 1.93. The average molecular weight is 187 g/mol. The molecule has 1 heterocycles. The van der Waals surface area contributed by atoms with Crippen molar-refractivity contribution in [1.82, 2.24) is 5.32 Å². The van der Waals surface area contributed by atoms with E-state index in [0.717, 1.165) is 11.1 Å². The number of carbonyl (C=O) groups is 2. The Morgan fingerprint density at radius 3 is 2.14 bits per heavy atom. The summed E-state index contributed by atoms with van der Waals surface area (Å²) in [6.45, 7) is 1.98. The number of rotatable bonds is 1. The zero-order chi connectivity index (χ0) is 10.1. The van der Waals surface area contributed by atoms with Gasteiger partial charge in [-0.1, -0.05) is 29.8 Å². The Morgan fingerprint density at radius 1 is 1.07 bits per heavy atom. The van der Waals surface area contributed by atoms with E-state index in [1.807, 2.05) is 31.2 Å². The van der Waals surface area contributed by atoms with Gasteiger partial charge in [0.15, 0.2) is 0 Å². The van der Waals surface area contributed by atoms with E-state index >= 15 is 0 Å². The average Bonchev–Trinajstić information content (AvgIpc) is 2.17. The molecule has 2 rings (SSSR count). The topological polar surface area (TPSA) is 46.2 Å². The molecule has 0 aromatic heterocycles. The highest BCUT2D eigenvalue weighted by molar-refractivity contribution is 6.36. The highest BCUT2D eigenvalue weighted by Crippen LogP contribution is 2.13. The van der Waals surface area contributed by atoms with Crippen LogP contribution in [0.25, 0.3) is 6.08 Å². The molecular weight excluding hydrogens is 178 g/mol. The van der Waals surface area contributed by atoms with Gasteiger partial charge in [-0.3, -0.25) is 14.9 Å². The number of hydrogen-bond acceptors (Lipinski definition) is 2. The molecule has 0 unspecified atom stereocenters. The van der Waals surface area contributed by atoms with E-state index in [9.17, 15) is 9.59 Å².